The summed E-state index contributed by atoms with van der Waals surface area (Å²) in [6.07, 6.45) is 5.30. The Kier molecular flexibility index (Phi) is 4.20. The van der Waals surface area contributed by atoms with Crippen molar-refractivity contribution in [3.8, 4) is 0 Å². The quantitative estimate of drug-likeness (QED) is 0.537. The van der Waals surface area contributed by atoms with E-state index in [1.54, 1.807) is 7.05 Å². The van der Waals surface area contributed by atoms with Crippen LogP contribution in [0.3, 0.4) is 0 Å². The van der Waals surface area contributed by atoms with Gasteiger partial charge < -0.3 is 0 Å². The van der Waals surface area contributed by atoms with Crippen LogP contribution in [0.2, 0.25) is 4.82 Å². The number of likely N-dealkylation sites (tertiary alicyclic amines) is 1. The average molecular weight is 419 g/mol. The zero-order valence-electron chi connectivity index (χ0n) is 14.9. The number of benzene rings is 1. The van der Waals surface area contributed by atoms with Crippen molar-refractivity contribution in [3.63, 3.8) is 0 Å². The van der Waals surface area contributed by atoms with Crippen molar-refractivity contribution in [1.29, 1.82) is 0 Å². The van der Waals surface area contributed by atoms with Crippen molar-refractivity contribution in [1.82, 2.24) is 9.96 Å². The zero-order valence-corrected chi connectivity index (χ0v) is 16.6. The van der Waals surface area contributed by atoms with Gasteiger partial charge in [-0.05, 0) is 0 Å². The number of piperidine rings is 1. The summed E-state index contributed by atoms with van der Waals surface area (Å²) in [5.74, 6) is 0.136. The van der Waals surface area contributed by atoms with Crippen molar-refractivity contribution >= 4 is 31.2 Å². The third kappa shape index (κ3) is 2.50. The minimum absolute atomic E-state index is 0.0492. The van der Waals surface area contributed by atoms with Crippen LogP contribution in [0.5, 0.6) is 0 Å². The maximum atomic E-state index is 12.6. The standard InChI is InChI=1S/C20H24N2O3Se/c1-21-19(23)16-14-11-10-12-6-5-9-15(26-13-7-3-2-4-8-13)17(12)22(14)25-18(16)20(21)24/h2-4,7-8,12,14-18H,5-6,9-11H2,1H3/t12-,14+,15+,16-,17+,18+/m1/s1. The summed E-state index contributed by atoms with van der Waals surface area (Å²) in [5, 5.41) is 2.13. The van der Waals surface area contributed by atoms with Gasteiger partial charge in [0.05, 0.1) is 0 Å². The van der Waals surface area contributed by atoms with Crippen LogP contribution in [0.15, 0.2) is 30.3 Å². The molecule has 138 valence electrons. The molecule has 4 aliphatic rings. The van der Waals surface area contributed by atoms with Gasteiger partial charge in [-0.1, -0.05) is 0 Å². The van der Waals surface area contributed by atoms with Crippen LogP contribution >= 0.6 is 0 Å². The van der Waals surface area contributed by atoms with Crippen LogP contribution in [0.1, 0.15) is 32.1 Å². The molecule has 0 unspecified atom stereocenters. The Balaban J connectivity index is 1.43. The Morgan fingerprint density at radius 1 is 1.04 bits per heavy atom. The molecule has 1 aromatic carbocycles. The maximum absolute atomic E-state index is 12.6. The summed E-state index contributed by atoms with van der Waals surface area (Å²) >= 11 is 0.387. The molecular weight excluding hydrogens is 395 g/mol. The molecule has 0 N–H and O–H groups in total. The van der Waals surface area contributed by atoms with Gasteiger partial charge in [0.2, 0.25) is 0 Å². The predicted molar refractivity (Wildman–Crippen MR) is 97.7 cm³/mol. The number of hydrogen-bond donors (Lipinski definition) is 0. The first-order chi connectivity index (χ1) is 12.6. The number of nitrogens with zero attached hydrogens (tertiary/aromatic N) is 2. The topological polar surface area (TPSA) is 49.9 Å². The van der Waals surface area contributed by atoms with Crippen LogP contribution in [0.4, 0.5) is 0 Å². The molecule has 6 heteroatoms. The number of hydrogen-bond acceptors (Lipinski definition) is 4. The van der Waals surface area contributed by atoms with Gasteiger partial charge in [-0.25, -0.2) is 0 Å². The third-order valence-electron chi connectivity index (χ3n) is 6.58. The fraction of sp³-hybridized carbons (Fsp3) is 0.600. The van der Waals surface area contributed by atoms with E-state index < -0.39 is 6.10 Å². The third-order valence-corrected chi connectivity index (χ3v) is 9.43. The number of fused-ring (bicyclic) bond motifs is 5. The van der Waals surface area contributed by atoms with E-state index in [0.717, 1.165) is 12.8 Å². The van der Waals surface area contributed by atoms with Gasteiger partial charge in [-0.15, -0.1) is 0 Å². The molecule has 5 rings (SSSR count). The van der Waals surface area contributed by atoms with Crippen molar-refractivity contribution in [2.24, 2.45) is 11.8 Å². The first-order valence-electron chi connectivity index (χ1n) is 9.63. The molecule has 3 aliphatic heterocycles. The van der Waals surface area contributed by atoms with E-state index in [9.17, 15) is 9.59 Å². The van der Waals surface area contributed by atoms with E-state index in [-0.39, 0.29) is 23.8 Å². The monoisotopic (exact) mass is 420 g/mol. The first-order valence-corrected chi connectivity index (χ1v) is 11.5. The molecule has 3 saturated heterocycles. The van der Waals surface area contributed by atoms with Crippen molar-refractivity contribution in [2.75, 3.05) is 7.05 Å². The number of hydroxylamine groups is 2. The molecule has 0 spiro atoms. The van der Waals surface area contributed by atoms with Gasteiger partial charge in [0, 0.05) is 0 Å². The van der Waals surface area contributed by atoms with Crippen LogP contribution in [0.25, 0.3) is 0 Å². The van der Waals surface area contributed by atoms with E-state index in [1.807, 2.05) is 0 Å². The van der Waals surface area contributed by atoms with Crippen LogP contribution in [0, 0.1) is 11.8 Å². The second-order valence-electron chi connectivity index (χ2n) is 7.94. The Bertz CT molecular complexity index is 727. The second kappa shape index (κ2) is 6.45. The number of likely N-dealkylation sites (N-methyl/N-ethyl adjacent to an activating group) is 1. The molecule has 6 atom stereocenters. The fourth-order valence-electron chi connectivity index (χ4n) is 5.35. The Labute approximate surface area is 160 Å². The normalized spacial score (nSPS) is 39.7. The predicted octanol–water partition coefficient (Wildman–Crippen LogP) is 1.37. The van der Waals surface area contributed by atoms with Gasteiger partial charge in [0.1, 0.15) is 0 Å². The average Bonchev–Trinajstić information content (AvgIpc) is 3.15. The fourth-order valence-corrected chi connectivity index (χ4v) is 8.35. The van der Waals surface area contributed by atoms with E-state index in [0.29, 0.717) is 31.7 Å². The summed E-state index contributed by atoms with van der Waals surface area (Å²) in [7, 11) is 1.59. The molecule has 0 radical (unpaired) electrons. The van der Waals surface area contributed by atoms with Crippen molar-refractivity contribution in [2.45, 2.75) is 55.1 Å². The Morgan fingerprint density at radius 3 is 2.65 bits per heavy atom. The number of rotatable bonds is 2. The first kappa shape index (κ1) is 16.9. The summed E-state index contributed by atoms with van der Waals surface area (Å²) < 4.78 is 1.43. The zero-order chi connectivity index (χ0) is 17.8. The molecule has 1 aromatic rings. The second-order valence-corrected chi connectivity index (χ2v) is 10.7. The molecule has 3 heterocycles. The van der Waals surface area contributed by atoms with Crippen molar-refractivity contribution < 1.29 is 14.4 Å². The molecule has 1 saturated carbocycles. The Hall–Kier alpha value is -1.20. The van der Waals surface area contributed by atoms with Gasteiger partial charge in [0.25, 0.3) is 0 Å². The van der Waals surface area contributed by atoms with Crippen LogP contribution in [-0.2, 0) is 14.4 Å². The Morgan fingerprint density at radius 2 is 1.85 bits per heavy atom. The summed E-state index contributed by atoms with van der Waals surface area (Å²) in [6, 6.07) is 11.2. The van der Waals surface area contributed by atoms with E-state index in [4.69, 9.17) is 4.84 Å². The van der Waals surface area contributed by atoms with E-state index in [2.05, 4.69) is 35.4 Å². The molecule has 4 fully saturated rings. The van der Waals surface area contributed by atoms with Crippen LogP contribution in [-0.4, -0.2) is 62.0 Å². The van der Waals surface area contributed by atoms with Gasteiger partial charge >= 0.3 is 160 Å². The molecular formula is C20H24N2O3Se. The summed E-state index contributed by atoms with van der Waals surface area (Å²) in [6.45, 7) is 0. The van der Waals surface area contributed by atoms with E-state index in [1.165, 1.54) is 28.6 Å². The summed E-state index contributed by atoms with van der Waals surface area (Å²) in [4.78, 5) is 33.1. The molecule has 0 bridgehead atoms. The minimum atomic E-state index is -0.581. The number of carbonyl (C=O) groups is 2. The van der Waals surface area contributed by atoms with Crippen molar-refractivity contribution in [3.05, 3.63) is 30.3 Å². The van der Waals surface area contributed by atoms with Gasteiger partial charge in [0.15, 0.2) is 0 Å². The SMILES string of the molecule is CN1C(=O)[C@H]2[C@H](ON3[C@H]4[C@H](CCC[C@@H]4[Se]c4ccccc4)CC[C@@H]23)C1=O. The summed E-state index contributed by atoms with van der Waals surface area (Å²) in [5.41, 5.74) is 0. The number of amides is 2. The molecule has 0 aromatic heterocycles. The van der Waals surface area contributed by atoms with E-state index >= 15 is 0 Å². The number of carbonyl (C=O) groups excluding carboxylic acids is 2. The number of imide groups is 1. The molecule has 26 heavy (non-hydrogen) atoms. The van der Waals surface area contributed by atoms with Gasteiger partial charge in [-0.2, -0.15) is 0 Å². The molecule has 1 aliphatic carbocycles. The molecule has 2 amide bonds. The molecule has 5 nitrogen and oxygen atoms in total. The van der Waals surface area contributed by atoms with Gasteiger partial charge in [-0.3, -0.25) is 0 Å². The van der Waals surface area contributed by atoms with Crippen LogP contribution < -0.4 is 4.46 Å².